The number of rotatable bonds is 2. The number of nitriles is 1. The zero-order chi connectivity index (χ0) is 14.7. The fourth-order valence-corrected chi connectivity index (χ4v) is 2.29. The van der Waals surface area contributed by atoms with Gasteiger partial charge in [0.15, 0.2) is 0 Å². The van der Waals surface area contributed by atoms with Crippen LogP contribution in [0.3, 0.4) is 0 Å². The van der Waals surface area contributed by atoms with Gasteiger partial charge >= 0.3 is 0 Å². The number of hydrogen-bond donors (Lipinski definition) is 1. The van der Waals surface area contributed by atoms with Gasteiger partial charge < -0.3 is 5.32 Å². The Kier molecular flexibility index (Phi) is 4.51. The lowest BCUT2D eigenvalue weighted by molar-refractivity contribution is 0.102. The number of carbonyl (C=O) groups is 1. The molecule has 0 saturated heterocycles. The maximum absolute atomic E-state index is 12.1. The molecule has 0 spiro atoms. The third-order valence-corrected chi connectivity index (χ3v) is 3.15. The van der Waals surface area contributed by atoms with Gasteiger partial charge in [-0.25, -0.2) is 0 Å². The van der Waals surface area contributed by atoms with Gasteiger partial charge in [0.1, 0.15) is 6.07 Å². The number of halogens is 3. The number of amides is 1. The molecule has 2 rings (SSSR count). The van der Waals surface area contributed by atoms with Gasteiger partial charge in [-0.1, -0.05) is 34.8 Å². The van der Waals surface area contributed by atoms with Gasteiger partial charge in [-0.3, -0.25) is 4.79 Å². The summed E-state index contributed by atoms with van der Waals surface area (Å²) in [4.78, 5) is 12.1. The number of benzene rings is 2. The second-order valence-electron chi connectivity index (χ2n) is 3.91. The molecule has 0 heterocycles. The Morgan fingerprint density at radius 2 is 1.65 bits per heavy atom. The maximum Gasteiger partial charge on any atom is 0.255 e. The smallest absolute Gasteiger partial charge is 0.255 e. The van der Waals surface area contributed by atoms with E-state index in [0.717, 1.165) is 0 Å². The molecule has 2 aromatic rings. The van der Waals surface area contributed by atoms with Gasteiger partial charge in [-0.15, -0.1) is 0 Å². The van der Waals surface area contributed by atoms with Crippen LogP contribution in [0, 0.1) is 11.3 Å². The summed E-state index contributed by atoms with van der Waals surface area (Å²) in [6, 6.07) is 11.1. The van der Waals surface area contributed by atoms with Crippen LogP contribution in [-0.4, -0.2) is 5.91 Å². The minimum Gasteiger partial charge on any atom is -0.321 e. The molecule has 100 valence electrons. The molecule has 0 aliphatic heterocycles. The van der Waals surface area contributed by atoms with Gasteiger partial charge in [0.25, 0.3) is 5.91 Å². The van der Waals surface area contributed by atoms with E-state index in [2.05, 4.69) is 5.32 Å². The van der Waals surface area contributed by atoms with Gasteiger partial charge in [0, 0.05) is 20.6 Å². The van der Waals surface area contributed by atoms with Crippen molar-refractivity contribution in [3.63, 3.8) is 0 Å². The van der Waals surface area contributed by atoms with Crippen LogP contribution >= 0.6 is 34.8 Å². The first-order valence-electron chi connectivity index (χ1n) is 5.46. The highest BCUT2D eigenvalue weighted by molar-refractivity contribution is 6.35. The van der Waals surface area contributed by atoms with E-state index >= 15 is 0 Å². The second-order valence-corrected chi connectivity index (χ2v) is 5.22. The molecule has 3 nitrogen and oxygen atoms in total. The summed E-state index contributed by atoms with van der Waals surface area (Å²) in [6.45, 7) is 0. The Hall–Kier alpha value is -1.73. The van der Waals surface area contributed by atoms with E-state index in [9.17, 15) is 4.79 Å². The van der Waals surface area contributed by atoms with Crippen LogP contribution in [0.15, 0.2) is 36.4 Å². The lowest BCUT2D eigenvalue weighted by atomic mass is 10.1. The summed E-state index contributed by atoms with van der Waals surface area (Å²) < 4.78 is 0. The van der Waals surface area contributed by atoms with Crippen molar-refractivity contribution in [2.45, 2.75) is 0 Å². The maximum atomic E-state index is 12.1. The third kappa shape index (κ3) is 3.43. The molecule has 0 saturated carbocycles. The molecule has 0 aliphatic rings. The first-order chi connectivity index (χ1) is 9.49. The van der Waals surface area contributed by atoms with E-state index in [1.54, 1.807) is 6.07 Å². The van der Waals surface area contributed by atoms with Crippen molar-refractivity contribution in [3.8, 4) is 6.07 Å². The average molecular weight is 326 g/mol. The molecular weight excluding hydrogens is 319 g/mol. The molecular formula is C14H7Cl3N2O. The molecule has 0 aliphatic carbocycles. The van der Waals surface area contributed by atoms with Crippen LogP contribution in [0.5, 0.6) is 0 Å². The summed E-state index contributed by atoms with van der Waals surface area (Å²) in [7, 11) is 0. The highest BCUT2D eigenvalue weighted by atomic mass is 35.5. The monoisotopic (exact) mass is 324 g/mol. The SMILES string of the molecule is N#Cc1ccc(Cl)cc1NC(=O)c1cc(Cl)cc(Cl)c1. The summed E-state index contributed by atoms with van der Waals surface area (Å²) in [6.07, 6.45) is 0. The predicted octanol–water partition coefficient (Wildman–Crippen LogP) is 4.77. The van der Waals surface area contributed by atoms with Crippen LogP contribution in [0.2, 0.25) is 15.1 Å². The van der Waals surface area contributed by atoms with Crippen molar-refractivity contribution in [2.24, 2.45) is 0 Å². The Bertz CT molecular complexity index is 703. The van der Waals surface area contributed by atoms with Crippen LogP contribution in [-0.2, 0) is 0 Å². The van der Waals surface area contributed by atoms with Gasteiger partial charge in [-0.2, -0.15) is 5.26 Å². The zero-order valence-corrected chi connectivity index (χ0v) is 12.2. The summed E-state index contributed by atoms with van der Waals surface area (Å²) in [5.74, 6) is -0.423. The standard InChI is InChI=1S/C14H7Cl3N2O/c15-10-2-1-8(7-18)13(6-10)19-14(20)9-3-11(16)5-12(17)4-9/h1-6H,(H,19,20). The van der Waals surface area contributed by atoms with Gasteiger partial charge in [-0.05, 0) is 36.4 Å². The number of nitrogens with zero attached hydrogens (tertiary/aromatic N) is 1. The predicted molar refractivity (Wildman–Crippen MR) is 80.6 cm³/mol. The Labute approximate surface area is 130 Å². The van der Waals surface area contributed by atoms with Gasteiger partial charge in [0.05, 0.1) is 11.3 Å². The van der Waals surface area contributed by atoms with Crippen molar-refractivity contribution in [1.82, 2.24) is 0 Å². The Morgan fingerprint density at radius 3 is 2.25 bits per heavy atom. The van der Waals surface area contributed by atoms with E-state index in [1.165, 1.54) is 30.3 Å². The highest BCUT2D eigenvalue weighted by Crippen LogP contribution is 2.23. The summed E-state index contributed by atoms with van der Waals surface area (Å²) in [5, 5.41) is 12.7. The molecule has 2 aromatic carbocycles. The molecule has 0 bridgehead atoms. The molecule has 6 heteroatoms. The Morgan fingerprint density at radius 1 is 1.00 bits per heavy atom. The van der Waals surface area contributed by atoms with Crippen molar-refractivity contribution < 1.29 is 4.79 Å². The summed E-state index contributed by atoms with van der Waals surface area (Å²) in [5.41, 5.74) is 0.948. The first kappa shape index (κ1) is 14.7. The molecule has 0 fully saturated rings. The molecule has 0 aromatic heterocycles. The topological polar surface area (TPSA) is 52.9 Å². The lowest BCUT2D eigenvalue weighted by Crippen LogP contribution is -2.13. The second kappa shape index (κ2) is 6.15. The van der Waals surface area contributed by atoms with Crippen LogP contribution < -0.4 is 5.32 Å². The van der Waals surface area contributed by atoms with Crippen molar-refractivity contribution in [3.05, 3.63) is 62.6 Å². The quantitative estimate of drug-likeness (QED) is 0.864. The van der Waals surface area contributed by atoms with E-state index < -0.39 is 5.91 Å². The fraction of sp³-hybridized carbons (Fsp3) is 0. The van der Waals surface area contributed by atoms with Crippen molar-refractivity contribution in [2.75, 3.05) is 5.32 Å². The molecule has 0 radical (unpaired) electrons. The molecule has 1 N–H and O–H groups in total. The number of anilines is 1. The summed E-state index contributed by atoms with van der Waals surface area (Å²) >= 11 is 17.5. The average Bonchev–Trinajstić information content (AvgIpc) is 2.37. The van der Waals surface area contributed by atoms with Crippen molar-refractivity contribution in [1.29, 1.82) is 5.26 Å². The Balaban J connectivity index is 2.32. The van der Waals surface area contributed by atoms with Crippen LogP contribution in [0.25, 0.3) is 0 Å². The highest BCUT2D eigenvalue weighted by Gasteiger charge is 2.11. The minimum atomic E-state index is -0.423. The number of nitrogens with one attached hydrogen (secondary N) is 1. The number of carbonyl (C=O) groups excluding carboxylic acids is 1. The largest absolute Gasteiger partial charge is 0.321 e. The van der Waals surface area contributed by atoms with Crippen molar-refractivity contribution >= 4 is 46.4 Å². The number of hydrogen-bond acceptors (Lipinski definition) is 2. The third-order valence-electron chi connectivity index (χ3n) is 2.48. The van der Waals surface area contributed by atoms with Crippen LogP contribution in [0.1, 0.15) is 15.9 Å². The zero-order valence-electron chi connectivity index (χ0n) is 9.95. The normalized spacial score (nSPS) is 9.90. The van der Waals surface area contributed by atoms with Gasteiger partial charge in [0.2, 0.25) is 0 Å². The van der Waals surface area contributed by atoms with E-state index in [-0.39, 0.29) is 0 Å². The molecule has 0 atom stereocenters. The molecule has 1 amide bonds. The fourth-order valence-electron chi connectivity index (χ4n) is 1.60. The molecule has 0 unspecified atom stereocenters. The van der Waals surface area contributed by atoms with E-state index in [4.69, 9.17) is 40.1 Å². The lowest BCUT2D eigenvalue weighted by Gasteiger charge is -2.08. The van der Waals surface area contributed by atoms with E-state index in [0.29, 0.717) is 31.9 Å². The van der Waals surface area contributed by atoms with E-state index in [1.807, 2.05) is 6.07 Å². The first-order valence-corrected chi connectivity index (χ1v) is 6.60. The molecule has 20 heavy (non-hydrogen) atoms. The van der Waals surface area contributed by atoms with Crippen LogP contribution in [0.4, 0.5) is 5.69 Å². The minimum absolute atomic E-state index is 0.298.